The predicted octanol–water partition coefficient (Wildman–Crippen LogP) is 4.84. The molecule has 0 aliphatic carbocycles. The fourth-order valence-electron chi connectivity index (χ4n) is 3.81. The van der Waals surface area contributed by atoms with E-state index in [0.717, 1.165) is 49.6 Å². The third-order valence-electron chi connectivity index (χ3n) is 5.74. The van der Waals surface area contributed by atoms with Crippen molar-refractivity contribution < 1.29 is 4.74 Å². The minimum Gasteiger partial charge on any atom is -0.497 e. The lowest BCUT2D eigenvalue weighted by atomic mass is 10.0. The molecule has 5 heteroatoms. The zero-order valence-corrected chi connectivity index (χ0v) is 17.5. The van der Waals surface area contributed by atoms with Crippen molar-refractivity contribution in [3.8, 4) is 5.75 Å². The number of hydrogen-bond donors (Lipinski definition) is 0. The third-order valence-corrected chi connectivity index (χ3v) is 6.07. The molecule has 0 unspecified atom stereocenters. The number of pyridine rings is 1. The number of benzene rings is 2. The molecule has 0 N–H and O–H groups in total. The Labute approximate surface area is 171 Å². The monoisotopic (exact) mass is 395 g/mol. The third kappa shape index (κ3) is 3.80. The van der Waals surface area contributed by atoms with E-state index in [0.29, 0.717) is 5.15 Å². The van der Waals surface area contributed by atoms with Gasteiger partial charge in [0, 0.05) is 49.4 Å². The second-order valence-electron chi connectivity index (χ2n) is 7.48. The van der Waals surface area contributed by atoms with Crippen LogP contribution < -0.4 is 9.64 Å². The van der Waals surface area contributed by atoms with Crippen LogP contribution in [0.2, 0.25) is 5.15 Å². The summed E-state index contributed by atoms with van der Waals surface area (Å²) in [5.41, 5.74) is 5.82. The summed E-state index contributed by atoms with van der Waals surface area (Å²) in [7, 11) is 1.70. The van der Waals surface area contributed by atoms with E-state index in [1.54, 1.807) is 7.11 Å². The van der Waals surface area contributed by atoms with Crippen LogP contribution in [-0.2, 0) is 6.54 Å². The highest BCUT2D eigenvalue weighted by Gasteiger charge is 2.19. The van der Waals surface area contributed by atoms with Gasteiger partial charge in [-0.1, -0.05) is 23.7 Å². The van der Waals surface area contributed by atoms with E-state index in [1.807, 2.05) is 12.1 Å². The molecule has 0 atom stereocenters. The molecule has 1 aliphatic rings. The highest BCUT2D eigenvalue weighted by Crippen LogP contribution is 2.27. The van der Waals surface area contributed by atoms with Gasteiger partial charge in [-0.2, -0.15) is 0 Å². The summed E-state index contributed by atoms with van der Waals surface area (Å²) in [6.45, 7) is 9.08. The number of ether oxygens (including phenoxy) is 1. The van der Waals surface area contributed by atoms with Crippen LogP contribution in [0.3, 0.4) is 0 Å². The van der Waals surface area contributed by atoms with E-state index < -0.39 is 0 Å². The number of aryl methyl sites for hydroxylation is 2. The largest absolute Gasteiger partial charge is 0.497 e. The Morgan fingerprint density at radius 3 is 2.39 bits per heavy atom. The van der Waals surface area contributed by atoms with Gasteiger partial charge in [-0.05, 0) is 55.3 Å². The van der Waals surface area contributed by atoms with Crippen LogP contribution in [0.4, 0.5) is 5.69 Å². The molecular weight excluding hydrogens is 370 g/mol. The average Bonchev–Trinajstić information content (AvgIpc) is 2.73. The normalized spacial score (nSPS) is 15.2. The molecule has 4 nitrogen and oxygen atoms in total. The molecule has 0 spiro atoms. The van der Waals surface area contributed by atoms with Crippen molar-refractivity contribution in [3.63, 3.8) is 0 Å². The van der Waals surface area contributed by atoms with E-state index in [4.69, 9.17) is 21.3 Å². The molecule has 2 aromatic carbocycles. The minimum absolute atomic E-state index is 0.624. The van der Waals surface area contributed by atoms with Crippen molar-refractivity contribution in [2.24, 2.45) is 0 Å². The summed E-state index contributed by atoms with van der Waals surface area (Å²) < 4.78 is 5.25. The summed E-state index contributed by atoms with van der Waals surface area (Å²) in [6, 6.07) is 14.8. The van der Waals surface area contributed by atoms with Gasteiger partial charge in [0.1, 0.15) is 10.9 Å². The lowest BCUT2D eigenvalue weighted by Crippen LogP contribution is -2.46. The minimum atomic E-state index is 0.624. The molecule has 1 saturated heterocycles. The molecule has 2 heterocycles. The standard InChI is InChI=1S/C23H26ClN3O/c1-16-4-5-18-14-19(23(24)25-22(18)17(16)2)15-26-10-12-27(13-11-26)20-6-8-21(28-3)9-7-20/h4-9,14H,10-13,15H2,1-3H3. The summed E-state index contributed by atoms with van der Waals surface area (Å²) in [5.74, 6) is 0.895. The number of methoxy groups -OCH3 is 1. The van der Waals surface area contributed by atoms with Crippen LogP contribution in [-0.4, -0.2) is 43.2 Å². The van der Waals surface area contributed by atoms with Gasteiger partial charge >= 0.3 is 0 Å². The molecule has 146 valence electrons. The van der Waals surface area contributed by atoms with Gasteiger partial charge in [0.25, 0.3) is 0 Å². The maximum Gasteiger partial charge on any atom is 0.134 e. The molecule has 0 radical (unpaired) electrons. The van der Waals surface area contributed by atoms with Gasteiger partial charge in [0.2, 0.25) is 0 Å². The Balaban J connectivity index is 1.44. The first-order valence-electron chi connectivity index (χ1n) is 9.72. The van der Waals surface area contributed by atoms with Crippen molar-refractivity contribution >= 4 is 28.2 Å². The van der Waals surface area contributed by atoms with Crippen molar-refractivity contribution in [1.29, 1.82) is 0 Å². The van der Waals surface area contributed by atoms with Gasteiger partial charge in [0.05, 0.1) is 12.6 Å². The van der Waals surface area contributed by atoms with Gasteiger partial charge in [-0.3, -0.25) is 4.90 Å². The Hall–Kier alpha value is -2.30. The van der Waals surface area contributed by atoms with Crippen LogP contribution in [0.5, 0.6) is 5.75 Å². The van der Waals surface area contributed by atoms with Gasteiger partial charge in [-0.15, -0.1) is 0 Å². The number of piperazine rings is 1. The van der Waals surface area contributed by atoms with Gasteiger partial charge in [-0.25, -0.2) is 4.98 Å². The number of anilines is 1. The topological polar surface area (TPSA) is 28.6 Å². The zero-order valence-electron chi connectivity index (χ0n) is 16.7. The fraction of sp³-hybridized carbons (Fsp3) is 0.348. The van der Waals surface area contributed by atoms with Crippen molar-refractivity contribution in [3.05, 3.63) is 64.3 Å². The molecule has 0 saturated carbocycles. The summed E-state index contributed by atoms with van der Waals surface area (Å²) in [6.07, 6.45) is 0. The summed E-state index contributed by atoms with van der Waals surface area (Å²) in [5, 5.41) is 1.79. The number of rotatable bonds is 4. The first kappa shape index (κ1) is 19.0. The Kier molecular flexibility index (Phi) is 5.42. The van der Waals surface area contributed by atoms with Crippen LogP contribution >= 0.6 is 11.6 Å². The number of aromatic nitrogens is 1. The number of nitrogens with zero attached hydrogens (tertiary/aromatic N) is 3. The van der Waals surface area contributed by atoms with Crippen LogP contribution in [0, 0.1) is 13.8 Å². The van der Waals surface area contributed by atoms with Crippen LogP contribution in [0.1, 0.15) is 16.7 Å². The van der Waals surface area contributed by atoms with Crippen molar-refractivity contribution in [1.82, 2.24) is 9.88 Å². The molecule has 1 aliphatic heterocycles. The molecule has 3 aromatic rings. The molecule has 0 amide bonds. The average molecular weight is 396 g/mol. The van der Waals surface area contributed by atoms with E-state index in [9.17, 15) is 0 Å². The highest BCUT2D eigenvalue weighted by atomic mass is 35.5. The molecule has 28 heavy (non-hydrogen) atoms. The van der Waals surface area contributed by atoms with E-state index in [-0.39, 0.29) is 0 Å². The van der Waals surface area contributed by atoms with E-state index in [2.05, 4.69) is 54.0 Å². The number of fused-ring (bicyclic) bond motifs is 1. The molecule has 1 aromatic heterocycles. The van der Waals surface area contributed by atoms with Gasteiger partial charge in [0.15, 0.2) is 0 Å². The lowest BCUT2D eigenvalue weighted by Gasteiger charge is -2.36. The highest BCUT2D eigenvalue weighted by molar-refractivity contribution is 6.30. The SMILES string of the molecule is COc1ccc(N2CCN(Cc3cc4ccc(C)c(C)c4nc3Cl)CC2)cc1. The quantitative estimate of drug-likeness (QED) is 0.591. The first-order chi connectivity index (χ1) is 13.5. The van der Waals surface area contributed by atoms with Gasteiger partial charge < -0.3 is 9.64 Å². The number of hydrogen-bond acceptors (Lipinski definition) is 4. The molecule has 1 fully saturated rings. The zero-order chi connectivity index (χ0) is 19.7. The Morgan fingerprint density at radius 1 is 1.00 bits per heavy atom. The summed E-state index contributed by atoms with van der Waals surface area (Å²) in [4.78, 5) is 9.57. The maximum absolute atomic E-state index is 6.54. The second kappa shape index (κ2) is 7.98. The lowest BCUT2D eigenvalue weighted by molar-refractivity contribution is 0.250. The Bertz CT molecular complexity index is 979. The molecule has 0 bridgehead atoms. The number of halogens is 1. The molecule has 4 rings (SSSR count). The van der Waals surface area contributed by atoms with E-state index >= 15 is 0 Å². The van der Waals surface area contributed by atoms with Crippen LogP contribution in [0.25, 0.3) is 10.9 Å². The maximum atomic E-state index is 6.54. The first-order valence-corrected chi connectivity index (χ1v) is 10.1. The second-order valence-corrected chi connectivity index (χ2v) is 7.84. The summed E-state index contributed by atoms with van der Waals surface area (Å²) >= 11 is 6.54. The van der Waals surface area contributed by atoms with E-state index in [1.165, 1.54) is 22.2 Å². The van der Waals surface area contributed by atoms with Crippen molar-refractivity contribution in [2.75, 3.05) is 38.2 Å². The predicted molar refractivity (Wildman–Crippen MR) is 117 cm³/mol. The van der Waals surface area contributed by atoms with Crippen molar-refractivity contribution in [2.45, 2.75) is 20.4 Å². The molecular formula is C23H26ClN3O. The fourth-order valence-corrected chi connectivity index (χ4v) is 4.01. The smallest absolute Gasteiger partial charge is 0.134 e. The Morgan fingerprint density at radius 2 is 1.71 bits per heavy atom. The van der Waals surface area contributed by atoms with Crippen LogP contribution in [0.15, 0.2) is 42.5 Å².